The van der Waals surface area contributed by atoms with Crippen LogP contribution in [0.15, 0.2) is 43.0 Å². The summed E-state index contributed by atoms with van der Waals surface area (Å²) in [6, 6.07) is 11.3. The van der Waals surface area contributed by atoms with E-state index in [0.717, 1.165) is 39.3 Å². The maximum absolute atomic E-state index is 5.51. The van der Waals surface area contributed by atoms with E-state index in [1.165, 1.54) is 18.5 Å². The summed E-state index contributed by atoms with van der Waals surface area (Å²) in [5.41, 5.74) is 1.35. The van der Waals surface area contributed by atoms with E-state index in [1.54, 1.807) is 0 Å². The van der Waals surface area contributed by atoms with Gasteiger partial charge in [0, 0.05) is 31.4 Å². The van der Waals surface area contributed by atoms with Crippen molar-refractivity contribution in [2.45, 2.75) is 25.3 Å². The molecule has 1 N–H and O–H groups in total. The summed E-state index contributed by atoms with van der Waals surface area (Å²) in [7, 11) is 0. The summed E-state index contributed by atoms with van der Waals surface area (Å²) in [6.07, 6.45) is 5.26. The van der Waals surface area contributed by atoms with Gasteiger partial charge in [-0.25, -0.2) is 0 Å². The molecule has 1 aromatic rings. The van der Waals surface area contributed by atoms with Gasteiger partial charge in [0.25, 0.3) is 0 Å². The molecule has 3 nitrogen and oxygen atoms in total. The Morgan fingerprint density at radius 2 is 1.95 bits per heavy atom. The van der Waals surface area contributed by atoms with Gasteiger partial charge in [-0.05, 0) is 31.4 Å². The van der Waals surface area contributed by atoms with Crippen LogP contribution in [0.4, 0.5) is 5.69 Å². The molecule has 1 aliphatic heterocycles. The minimum absolute atomic E-state index is 0.637. The molecule has 1 aromatic carbocycles. The highest BCUT2D eigenvalue weighted by Gasteiger charge is 2.18. The molecule has 110 valence electrons. The Balaban J connectivity index is 1.59. The molecule has 0 unspecified atom stereocenters. The first-order chi connectivity index (χ1) is 9.90. The summed E-state index contributed by atoms with van der Waals surface area (Å²) in [4.78, 5) is 2.47. The average Bonchev–Trinajstić information content (AvgIpc) is 2.52. The molecular formula is C17H26N2O. The smallest absolute Gasteiger partial charge is 0.0591 e. The van der Waals surface area contributed by atoms with Gasteiger partial charge < -0.3 is 15.0 Å². The van der Waals surface area contributed by atoms with Crippen LogP contribution in [0.3, 0.4) is 0 Å². The molecule has 1 saturated heterocycles. The minimum Gasteiger partial charge on any atom is -0.380 e. The third kappa shape index (κ3) is 4.99. The van der Waals surface area contributed by atoms with Gasteiger partial charge in [0.15, 0.2) is 0 Å². The number of hydrogen-bond acceptors (Lipinski definition) is 3. The number of ether oxygens (including phenoxy) is 1. The summed E-state index contributed by atoms with van der Waals surface area (Å²) < 4.78 is 5.51. The van der Waals surface area contributed by atoms with Crippen LogP contribution in [0.2, 0.25) is 0 Å². The van der Waals surface area contributed by atoms with Crippen LogP contribution in [-0.2, 0) is 4.74 Å². The lowest BCUT2D eigenvalue weighted by Crippen LogP contribution is -2.43. The van der Waals surface area contributed by atoms with Crippen molar-refractivity contribution in [3.8, 4) is 0 Å². The lowest BCUT2D eigenvalue weighted by Gasteiger charge is -2.34. The Morgan fingerprint density at radius 3 is 2.65 bits per heavy atom. The van der Waals surface area contributed by atoms with Gasteiger partial charge in [0.1, 0.15) is 0 Å². The Hall–Kier alpha value is -1.32. The van der Waals surface area contributed by atoms with Gasteiger partial charge in [0.05, 0.1) is 13.2 Å². The Bertz CT molecular complexity index is 372. The second kappa shape index (κ2) is 8.77. The third-order valence-corrected chi connectivity index (χ3v) is 3.76. The first-order valence-electron chi connectivity index (χ1n) is 7.62. The number of nitrogens with one attached hydrogen (secondary N) is 1. The van der Waals surface area contributed by atoms with Crippen molar-refractivity contribution >= 4 is 5.69 Å². The number of hydrogen-bond donors (Lipinski definition) is 1. The van der Waals surface area contributed by atoms with Gasteiger partial charge in [-0.2, -0.15) is 0 Å². The third-order valence-electron chi connectivity index (χ3n) is 3.76. The lowest BCUT2D eigenvalue weighted by atomic mass is 10.0. The quantitative estimate of drug-likeness (QED) is 0.583. The Labute approximate surface area is 122 Å². The molecular weight excluding hydrogens is 248 g/mol. The topological polar surface area (TPSA) is 24.5 Å². The second-order valence-corrected chi connectivity index (χ2v) is 5.24. The molecule has 0 aromatic heterocycles. The van der Waals surface area contributed by atoms with Crippen LogP contribution in [-0.4, -0.2) is 38.9 Å². The van der Waals surface area contributed by atoms with Crippen molar-refractivity contribution in [3.63, 3.8) is 0 Å². The first-order valence-corrected chi connectivity index (χ1v) is 7.62. The monoisotopic (exact) mass is 274 g/mol. The zero-order chi connectivity index (χ0) is 14.0. The van der Waals surface area contributed by atoms with Crippen molar-refractivity contribution in [3.05, 3.63) is 43.0 Å². The maximum atomic E-state index is 5.51. The van der Waals surface area contributed by atoms with E-state index in [0.29, 0.717) is 6.04 Å². The van der Waals surface area contributed by atoms with E-state index < -0.39 is 0 Å². The predicted octanol–water partition coefficient (Wildman–Crippen LogP) is 2.84. The minimum atomic E-state index is 0.637. The van der Waals surface area contributed by atoms with Gasteiger partial charge in [0.2, 0.25) is 0 Å². The van der Waals surface area contributed by atoms with Crippen LogP contribution in [0.5, 0.6) is 0 Å². The summed E-state index contributed by atoms with van der Waals surface area (Å²) in [6.45, 7) is 8.50. The highest BCUT2D eigenvalue weighted by molar-refractivity contribution is 5.46. The van der Waals surface area contributed by atoms with Crippen LogP contribution in [0, 0.1) is 0 Å². The van der Waals surface area contributed by atoms with Crippen molar-refractivity contribution in [2.24, 2.45) is 0 Å². The standard InChI is InChI=1S/C17H26N2O/c1-2-3-14-20-15-11-18-16-9-12-19(13-10-16)17-7-5-4-6-8-17/h2,4-8,16,18H,1,3,9-15H2. The highest BCUT2D eigenvalue weighted by Crippen LogP contribution is 2.19. The van der Waals surface area contributed by atoms with Crippen LogP contribution >= 0.6 is 0 Å². The van der Waals surface area contributed by atoms with E-state index in [1.807, 2.05) is 6.08 Å². The van der Waals surface area contributed by atoms with Crippen molar-refractivity contribution in [1.29, 1.82) is 0 Å². The molecule has 0 radical (unpaired) electrons. The normalized spacial score (nSPS) is 16.3. The number of anilines is 1. The zero-order valence-electron chi connectivity index (χ0n) is 12.3. The van der Waals surface area contributed by atoms with Crippen molar-refractivity contribution < 1.29 is 4.74 Å². The van der Waals surface area contributed by atoms with Gasteiger partial charge in [-0.3, -0.25) is 0 Å². The fraction of sp³-hybridized carbons (Fsp3) is 0.529. The van der Waals surface area contributed by atoms with E-state index in [-0.39, 0.29) is 0 Å². The molecule has 0 atom stereocenters. The van der Waals surface area contributed by atoms with E-state index in [4.69, 9.17) is 4.74 Å². The molecule has 0 aliphatic carbocycles. The van der Waals surface area contributed by atoms with Gasteiger partial charge in [-0.15, -0.1) is 6.58 Å². The van der Waals surface area contributed by atoms with E-state index in [2.05, 4.69) is 47.1 Å². The maximum Gasteiger partial charge on any atom is 0.0591 e. The molecule has 0 spiro atoms. The summed E-state index contributed by atoms with van der Waals surface area (Å²) in [5.74, 6) is 0. The van der Waals surface area contributed by atoms with Crippen LogP contribution in [0.1, 0.15) is 19.3 Å². The molecule has 0 saturated carbocycles. The summed E-state index contributed by atoms with van der Waals surface area (Å²) >= 11 is 0. The van der Waals surface area contributed by atoms with E-state index >= 15 is 0 Å². The van der Waals surface area contributed by atoms with Crippen molar-refractivity contribution in [2.75, 3.05) is 37.7 Å². The van der Waals surface area contributed by atoms with Crippen LogP contribution in [0.25, 0.3) is 0 Å². The second-order valence-electron chi connectivity index (χ2n) is 5.24. The zero-order valence-corrected chi connectivity index (χ0v) is 12.3. The van der Waals surface area contributed by atoms with Gasteiger partial charge >= 0.3 is 0 Å². The average molecular weight is 274 g/mol. The molecule has 0 bridgehead atoms. The largest absolute Gasteiger partial charge is 0.380 e. The molecule has 1 fully saturated rings. The number of benzene rings is 1. The molecule has 3 heteroatoms. The molecule has 2 rings (SSSR count). The molecule has 1 aliphatic rings. The number of piperidine rings is 1. The molecule has 1 heterocycles. The van der Waals surface area contributed by atoms with Crippen molar-refractivity contribution in [1.82, 2.24) is 5.32 Å². The Morgan fingerprint density at radius 1 is 1.20 bits per heavy atom. The number of rotatable bonds is 8. The fourth-order valence-corrected chi connectivity index (χ4v) is 2.58. The van der Waals surface area contributed by atoms with Gasteiger partial charge in [-0.1, -0.05) is 24.3 Å². The lowest BCUT2D eigenvalue weighted by molar-refractivity contribution is 0.137. The predicted molar refractivity (Wildman–Crippen MR) is 85.3 cm³/mol. The highest BCUT2D eigenvalue weighted by atomic mass is 16.5. The SMILES string of the molecule is C=CCCOCCNC1CCN(c2ccccc2)CC1. The summed E-state index contributed by atoms with van der Waals surface area (Å²) in [5, 5.41) is 3.59. The Kier molecular flexibility index (Phi) is 6.61. The molecule has 0 amide bonds. The van der Waals surface area contributed by atoms with E-state index in [9.17, 15) is 0 Å². The molecule has 20 heavy (non-hydrogen) atoms. The van der Waals surface area contributed by atoms with Crippen LogP contribution < -0.4 is 10.2 Å². The number of nitrogens with zero attached hydrogens (tertiary/aromatic N) is 1. The first kappa shape index (κ1) is 15.1. The fourth-order valence-electron chi connectivity index (χ4n) is 2.58. The number of para-hydroxylation sites is 1.